The zero-order valence-electron chi connectivity index (χ0n) is 14.7. The smallest absolute Gasteiger partial charge is 0.289 e. The minimum Gasteiger partial charge on any atom is -0.455 e. The van der Waals surface area contributed by atoms with E-state index >= 15 is 0 Å². The van der Waals surface area contributed by atoms with Crippen molar-refractivity contribution in [3.05, 3.63) is 22.6 Å². The average Bonchev–Trinajstić information content (AvgIpc) is 3.21. The third-order valence-electron chi connectivity index (χ3n) is 5.62. The van der Waals surface area contributed by atoms with Gasteiger partial charge in [-0.25, -0.2) is 0 Å². The lowest BCUT2D eigenvalue weighted by atomic mass is 9.94. The lowest BCUT2D eigenvalue weighted by Crippen LogP contribution is -2.49. The van der Waals surface area contributed by atoms with Gasteiger partial charge in [0.15, 0.2) is 11.5 Å². The number of rotatable bonds is 2. The third-order valence-corrected chi connectivity index (χ3v) is 5.62. The van der Waals surface area contributed by atoms with E-state index in [-0.39, 0.29) is 24.1 Å². The lowest BCUT2D eigenvalue weighted by Gasteiger charge is -2.32. The van der Waals surface area contributed by atoms with Crippen molar-refractivity contribution in [2.24, 2.45) is 0 Å². The second-order valence-corrected chi connectivity index (χ2v) is 7.11. The minimum atomic E-state index is -0.0488. The molecule has 1 N–H and O–H groups in total. The normalized spacial score (nSPS) is 24.1. The Labute approximate surface area is 154 Å². The molecular weight excluding hydrogens is 342 g/mol. The number of likely N-dealkylation sites (tertiary alicyclic amines) is 1. The van der Waals surface area contributed by atoms with Crippen LogP contribution in [0.15, 0.2) is 4.42 Å². The molecule has 6 nitrogen and oxygen atoms in total. The number of hydrogen-bond donors (Lipinski definition) is 1. The van der Waals surface area contributed by atoms with Crippen LogP contribution in [-0.2, 0) is 6.42 Å². The Morgan fingerprint density at radius 2 is 1.96 bits per heavy atom. The van der Waals surface area contributed by atoms with Gasteiger partial charge in [-0.15, -0.1) is 12.4 Å². The molecule has 4 rings (SSSR count). The van der Waals surface area contributed by atoms with Gasteiger partial charge < -0.3 is 14.6 Å². The van der Waals surface area contributed by atoms with E-state index in [1.54, 1.807) is 0 Å². The van der Waals surface area contributed by atoms with Gasteiger partial charge in [0.2, 0.25) is 0 Å². The zero-order valence-corrected chi connectivity index (χ0v) is 15.5. The summed E-state index contributed by atoms with van der Waals surface area (Å²) in [5.74, 6) is 1.17. The van der Waals surface area contributed by atoms with E-state index in [1.165, 1.54) is 0 Å². The summed E-state index contributed by atoms with van der Waals surface area (Å²) in [6.45, 7) is 7.53. The predicted octanol–water partition coefficient (Wildman–Crippen LogP) is 1.65. The maximum Gasteiger partial charge on any atom is 0.289 e. The average molecular weight is 368 g/mol. The van der Waals surface area contributed by atoms with Crippen LogP contribution in [-0.4, -0.2) is 66.8 Å². The number of halogens is 1. The van der Waals surface area contributed by atoms with Crippen LogP contribution in [0.4, 0.5) is 0 Å². The van der Waals surface area contributed by atoms with Gasteiger partial charge in [0.1, 0.15) is 5.76 Å². The SMILES string of the molecule is Cc1c(C(=O)N2CCC(N3CCNCC3)C2)oc2c1C(=O)CCC2.Cl. The summed E-state index contributed by atoms with van der Waals surface area (Å²) in [6.07, 6.45) is 3.17. The van der Waals surface area contributed by atoms with Crippen LogP contribution in [0.3, 0.4) is 0 Å². The molecule has 1 unspecified atom stereocenters. The monoisotopic (exact) mass is 367 g/mol. The molecule has 25 heavy (non-hydrogen) atoms. The molecule has 0 bridgehead atoms. The standard InChI is InChI=1S/C18H25N3O3.ClH/c1-12-16-14(22)3-2-4-15(16)24-17(12)18(23)21-8-5-13(11-21)20-9-6-19-7-10-20;/h13,19H,2-11H2,1H3;1H. The molecule has 0 spiro atoms. The van der Waals surface area contributed by atoms with Crippen molar-refractivity contribution in [1.29, 1.82) is 0 Å². The third kappa shape index (κ3) is 3.35. The molecule has 2 aliphatic heterocycles. The summed E-state index contributed by atoms with van der Waals surface area (Å²) in [7, 11) is 0. The van der Waals surface area contributed by atoms with Crippen molar-refractivity contribution in [2.45, 2.75) is 38.6 Å². The highest BCUT2D eigenvalue weighted by molar-refractivity contribution is 6.03. The summed E-state index contributed by atoms with van der Waals surface area (Å²) in [4.78, 5) is 29.4. The quantitative estimate of drug-likeness (QED) is 0.861. The van der Waals surface area contributed by atoms with Crippen LogP contribution in [0.2, 0.25) is 0 Å². The van der Waals surface area contributed by atoms with Crippen LogP contribution in [0.25, 0.3) is 0 Å². The van der Waals surface area contributed by atoms with Gasteiger partial charge in [0, 0.05) is 63.7 Å². The van der Waals surface area contributed by atoms with Gasteiger partial charge in [-0.05, 0) is 19.8 Å². The number of aryl methyl sites for hydroxylation is 1. The van der Waals surface area contributed by atoms with E-state index in [9.17, 15) is 9.59 Å². The topological polar surface area (TPSA) is 65.8 Å². The summed E-state index contributed by atoms with van der Waals surface area (Å²) in [5, 5.41) is 3.37. The molecule has 1 aromatic rings. The number of nitrogens with zero attached hydrogens (tertiary/aromatic N) is 2. The highest BCUT2D eigenvalue weighted by atomic mass is 35.5. The first-order valence-electron chi connectivity index (χ1n) is 9.04. The maximum atomic E-state index is 12.9. The fraction of sp³-hybridized carbons (Fsp3) is 0.667. The Hall–Kier alpha value is -1.37. The summed E-state index contributed by atoms with van der Waals surface area (Å²) >= 11 is 0. The lowest BCUT2D eigenvalue weighted by molar-refractivity contribution is 0.0738. The first-order chi connectivity index (χ1) is 11.6. The number of Topliss-reactive ketones (excluding diaryl/α,β-unsaturated/α-hetero) is 1. The first kappa shape index (κ1) is 18.4. The Morgan fingerprint density at radius 3 is 2.68 bits per heavy atom. The molecule has 0 aromatic carbocycles. The number of furan rings is 1. The number of carbonyl (C=O) groups is 2. The van der Waals surface area contributed by atoms with E-state index in [4.69, 9.17) is 4.42 Å². The molecule has 7 heteroatoms. The van der Waals surface area contributed by atoms with E-state index in [1.807, 2.05) is 11.8 Å². The van der Waals surface area contributed by atoms with Gasteiger partial charge >= 0.3 is 0 Å². The zero-order chi connectivity index (χ0) is 16.7. The number of nitrogens with one attached hydrogen (secondary N) is 1. The fourth-order valence-corrected chi connectivity index (χ4v) is 4.27. The second-order valence-electron chi connectivity index (χ2n) is 7.11. The Balaban J connectivity index is 0.00000182. The highest BCUT2D eigenvalue weighted by Crippen LogP contribution is 2.31. The van der Waals surface area contributed by atoms with Crippen molar-refractivity contribution in [3.8, 4) is 0 Å². The molecule has 0 saturated carbocycles. The number of amides is 1. The van der Waals surface area contributed by atoms with Crippen LogP contribution in [0.1, 0.15) is 51.5 Å². The number of hydrogen-bond acceptors (Lipinski definition) is 5. The van der Waals surface area contributed by atoms with E-state index < -0.39 is 0 Å². The van der Waals surface area contributed by atoms with Gasteiger partial charge in [-0.1, -0.05) is 0 Å². The molecule has 2 fully saturated rings. The number of piperazine rings is 1. The molecule has 1 amide bonds. The molecule has 138 valence electrons. The van der Waals surface area contributed by atoms with Crippen LogP contribution in [0.5, 0.6) is 0 Å². The molecule has 0 radical (unpaired) electrons. The Morgan fingerprint density at radius 1 is 1.20 bits per heavy atom. The van der Waals surface area contributed by atoms with E-state index in [0.29, 0.717) is 29.5 Å². The van der Waals surface area contributed by atoms with Crippen molar-refractivity contribution in [3.63, 3.8) is 0 Å². The summed E-state index contributed by atoms with van der Waals surface area (Å²) in [6, 6.07) is 0.447. The van der Waals surface area contributed by atoms with Gasteiger partial charge in [0.05, 0.1) is 5.56 Å². The van der Waals surface area contributed by atoms with Gasteiger partial charge in [0.25, 0.3) is 5.91 Å². The second kappa shape index (κ2) is 7.48. The molecular formula is C18H26ClN3O3. The van der Waals surface area contributed by atoms with Crippen LogP contribution < -0.4 is 5.32 Å². The van der Waals surface area contributed by atoms with Crippen LogP contribution >= 0.6 is 12.4 Å². The largest absolute Gasteiger partial charge is 0.455 e. The van der Waals surface area contributed by atoms with Gasteiger partial charge in [-0.3, -0.25) is 14.5 Å². The highest BCUT2D eigenvalue weighted by Gasteiger charge is 2.35. The molecule has 1 aliphatic carbocycles. The maximum absolute atomic E-state index is 12.9. The van der Waals surface area contributed by atoms with E-state index in [2.05, 4.69) is 10.2 Å². The van der Waals surface area contributed by atoms with Crippen molar-refractivity contribution in [2.75, 3.05) is 39.3 Å². The number of ketones is 1. The summed E-state index contributed by atoms with van der Waals surface area (Å²) in [5.41, 5.74) is 1.41. The van der Waals surface area contributed by atoms with Gasteiger partial charge in [-0.2, -0.15) is 0 Å². The van der Waals surface area contributed by atoms with E-state index in [0.717, 1.165) is 64.1 Å². The van der Waals surface area contributed by atoms with Crippen molar-refractivity contribution in [1.82, 2.24) is 15.1 Å². The fourth-order valence-electron chi connectivity index (χ4n) is 4.27. The number of fused-ring (bicyclic) bond motifs is 1. The molecule has 2 saturated heterocycles. The van der Waals surface area contributed by atoms with Crippen LogP contribution in [0, 0.1) is 6.92 Å². The van der Waals surface area contributed by atoms with Crippen molar-refractivity contribution >= 4 is 24.1 Å². The molecule has 3 aliphatic rings. The first-order valence-corrected chi connectivity index (χ1v) is 9.04. The molecule has 1 aromatic heterocycles. The molecule has 1 atom stereocenters. The van der Waals surface area contributed by atoms with Crippen molar-refractivity contribution < 1.29 is 14.0 Å². The predicted molar refractivity (Wildman–Crippen MR) is 96.7 cm³/mol. The minimum absolute atomic E-state index is 0. The number of carbonyl (C=O) groups excluding carboxylic acids is 2. The molecule has 3 heterocycles. The Bertz CT molecular complexity index is 667. The Kier molecular flexibility index (Phi) is 5.51. The summed E-state index contributed by atoms with van der Waals surface area (Å²) < 4.78 is 5.83.